The molecule has 1 N–H and O–H groups in total. The molecule has 1 fully saturated rings. The first kappa shape index (κ1) is 17.5. The number of rotatable bonds is 5. The van der Waals surface area contributed by atoms with Gasteiger partial charge in [-0.05, 0) is 31.9 Å². The van der Waals surface area contributed by atoms with Crippen LogP contribution in [-0.2, 0) is 9.59 Å². The van der Waals surface area contributed by atoms with E-state index in [1.807, 2.05) is 0 Å². The van der Waals surface area contributed by atoms with Gasteiger partial charge in [-0.15, -0.1) is 0 Å². The number of hydrogen-bond donors (Lipinski definition) is 1. The van der Waals surface area contributed by atoms with Crippen LogP contribution in [0.1, 0.15) is 42.5 Å². The third-order valence-corrected chi connectivity index (χ3v) is 4.64. The maximum atomic E-state index is 12.0. The molecular formula is C18H26N2O3. The van der Waals surface area contributed by atoms with Crippen LogP contribution in [0, 0.1) is 13.8 Å². The molecule has 23 heavy (non-hydrogen) atoms. The highest BCUT2D eigenvalue weighted by atomic mass is 16.4. The van der Waals surface area contributed by atoms with Gasteiger partial charge in [0.15, 0.2) is 0 Å². The highest BCUT2D eigenvalue weighted by Crippen LogP contribution is 2.25. The van der Waals surface area contributed by atoms with Crippen molar-refractivity contribution >= 4 is 11.9 Å². The largest absolute Gasteiger partial charge is 0.481 e. The first-order valence-electron chi connectivity index (χ1n) is 8.19. The van der Waals surface area contributed by atoms with Gasteiger partial charge in [-0.3, -0.25) is 14.5 Å². The molecule has 5 heteroatoms. The van der Waals surface area contributed by atoms with Crippen molar-refractivity contribution in [2.24, 2.45) is 0 Å². The van der Waals surface area contributed by atoms with Gasteiger partial charge in [-0.25, -0.2) is 0 Å². The van der Waals surface area contributed by atoms with E-state index < -0.39 is 5.97 Å². The standard InChI is InChI=1S/C18H26N2O3/c1-13-4-5-16(14(2)12-13)15(3)19-8-10-20(11-9-19)17(21)6-7-18(22)23/h4-5,12,15H,6-11H2,1-3H3,(H,22,23). The van der Waals surface area contributed by atoms with Gasteiger partial charge in [0.2, 0.25) is 5.91 Å². The van der Waals surface area contributed by atoms with E-state index in [0.717, 1.165) is 13.1 Å². The van der Waals surface area contributed by atoms with Crippen LogP contribution in [0.15, 0.2) is 18.2 Å². The van der Waals surface area contributed by atoms with E-state index in [2.05, 4.69) is 43.9 Å². The second kappa shape index (κ2) is 7.59. The molecule has 1 unspecified atom stereocenters. The van der Waals surface area contributed by atoms with Crippen LogP contribution in [0.25, 0.3) is 0 Å². The van der Waals surface area contributed by atoms with Gasteiger partial charge in [0.25, 0.3) is 0 Å². The Kier molecular flexibility index (Phi) is 5.77. The number of hydrogen-bond acceptors (Lipinski definition) is 3. The SMILES string of the molecule is Cc1ccc(C(C)N2CCN(C(=O)CCC(=O)O)CC2)c(C)c1. The van der Waals surface area contributed by atoms with Crippen molar-refractivity contribution in [1.29, 1.82) is 0 Å². The first-order valence-corrected chi connectivity index (χ1v) is 8.19. The molecule has 1 aromatic rings. The summed E-state index contributed by atoms with van der Waals surface area (Å²) in [7, 11) is 0. The fourth-order valence-corrected chi connectivity index (χ4v) is 3.22. The van der Waals surface area contributed by atoms with Crippen molar-refractivity contribution in [3.63, 3.8) is 0 Å². The summed E-state index contributed by atoms with van der Waals surface area (Å²) in [5.41, 5.74) is 3.91. The predicted octanol–water partition coefficient (Wildman–Crippen LogP) is 2.37. The fourth-order valence-electron chi connectivity index (χ4n) is 3.22. The lowest BCUT2D eigenvalue weighted by Crippen LogP contribution is -2.49. The molecule has 0 aliphatic carbocycles. The maximum absolute atomic E-state index is 12.0. The van der Waals surface area contributed by atoms with Gasteiger partial charge in [-0.1, -0.05) is 23.8 Å². The van der Waals surface area contributed by atoms with E-state index in [1.165, 1.54) is 16.7 Å². The van der Waals surface area contributed by atoms with Crippen LogP contribution in [-0.4, -0.2) is 53.0 Å². The molecule has 2 rings (SSSR count). The Labute approximate surface area is 137 Å². The van der Waals surface area contributed by atoms with Gasteiger partial charge < -0.3 is 10.0 Å². The predicted molar refractivity (Wildman–Crippen MR) is 89.4 cm³/mol. The van der Waals surface area contributed by atoms with Gasteiger partial charge >= 0.3 is 5.97 Å². The summed E-state index contributed by atoms with van der Waals surface area (Å²) in [6, 6.07) is 6.87. The number of carboxylic acid groups (broad SMARTS) is 1. The molecule has 0 saturated carbocycles. The lowest BCUT2D eigenvalue weighted by molar-refractivity contribution is -0.141. The van der Waals surface area contributed by atoms with Gasteiger partial charge in [-0.2, -0.15) is 0 Å². The van der Waals surface area contributed by atoms with E-state index in [1.54, 1.807) is 4.90 Å². The number of piperazine rings is 1. The highest BCUT2D eigenvalue weighted by molar-refractivity contribution is 5.80. The summed E-state index contributed by atoms with van der Waals surface area (Å²) < 4.78 is 0. The van der Waals surface area contributed by atoms with E-state index >= 15 is 0 Å². The lowest BCUT2D eigenvalue weighted by atomic mass is 9.98. The molecule has 0 aromatic heterocycles. The first-order chi connectivity index (χ1) is 10.9. The molecule has 1 aliphatic heterocycles. The quantitative estimate of drug-likeness (QED) is 0.905. The molecule has 5 nitrogen and oxygen atoms in total. The summed E-state index contributed by atoms with van der Waals surface area (Å²) in [5, 5.41) is 8.67. The summed E-state index contributed by atoms with van der Waals surface area (Å²) in [6.07, 6.45) is 0.0139. The number of aliphatic carboxylic acids is 1. The van der Waals surface area contributed by atoms with E-state index in [4.69, 9.17) is 5.11 Å². The van der Waals surface area contributed by atoms with Crippen molar-refractivity contribution in [1.82, 2.24) is 9.80 Å². The third kappa shape index (κ3) is 4.55. The molecular weight excluding hydrogens is 292 g/mol. The molecule has 0 spiro atoms. The molecule has 1 amide bonds. The topological polar surface area (TPSA) is 60.9 Å². The zero-order valence-corrected chi connectivity index (χ0v) is 14.2. The maximum Gasteiger partial charge on any atom is 0.303 e. The second-order valence-electron chi connectivity index (χ2n) is 6.35. The molecule has 1 aromatic carbocycles. The average Bonchev–Trinajstić information content (AvgIpc) is 2.52. The fraction of sp³-hybridized carbons (Fsp3) is 0.556. The molecule has 1 saturated heterocycles. The number of benzene rings is 1. The normalized spacial score (nSPS) is 17.1. The van der Waals surface area contributed by atoms with E-state index in [9.17, 15) is 9.59 Å². The smallest absolute Gasteiger partial charge is 0.303 e. The van der Waals surface area contributed by atoms with Gasteiger partial charge in [0.1, 0.15) is 0 Å². The molecule has 1 heterocycles. The molecule has 0 radical (unpaired) electrons. The Balaban J connectivity index is 1.90. The number of nitrogens with zero attached hydrogens (tertiary/aromatic N) is 2. The Bertz CT molecular complexity index is 578. The van der Waals surface area contributed by atoms with Crippen LogP contribution < -0.4 is 0 Å². The number of amides is 1. The van der Waals surface area contributed by atoms with Crippen LogP contribution in [0.4, 0.5) is 0 Å². The number of carbonyl (C=O) groups excluding carboxylic acids is 1. The minimum Gasteiger partial charge on any atom is -0.481 e. The molecule has 0 bridgehead atoms. The highest BCUT2D eigenvalue weighted by Gasteiger charge is 2.25. The van der Waals surface area contributed by atoms with Crippen molar-refractivity contribution < 1.29 is 14.7 Å². The summed E-state index contributed by atoms with van der Waals surface area (Å²) in [4.78, 5) is 26.7. The Morgan fingerprint density at radius 2 is 1.78 bits per heavy atom. The number of aryl methyl sites for hydroxylation is 2. The van der Waals surface area contributed by atoms with Crippen LogP contribution in [0.5, 0.6) is 0 Å². The number of carbonyl (C=O) groups is 2. The molecule has 1 aliphatic rings. The second-order valence-corrected chi connectivity index (χ2v) is 6.35. The van der Waals surface area contributed by atoms with Crippen LogP contribution in [0.2, 0.25) is 0 Å². The summed E-state index contributed by atoms with van der Waals surface area (Å²) in [6.45, 7) is 9.45. The van der Waals surface area contributed by atoms with Gasteiger partial charge in [0.05, 0.1) is 6.42 Å². The zero-order valence-electron chi connectivity index (χ0n) is 14.2. The van der Waals surface area contributed by atoms with Crippen molar-refractivity contribution in [2.75, 3.05) is 26.2 Å². The van der Waals surface area contributed by atoms with E-state index in [-0.39, 0.29) is 18.7 Å². The Morgan fingerprint density at radius 3 is 2.35 bits per heavy atom. The lowest BCUT2D eigenvalue weighted by Gasteiger charge is -2.38. The molecule has 126 valence electrons. The minimum atomic E-state index is -0.916. The summed E-state index contributed by atoms with van der Waals surface area (Å²) in [5.74, 6) is -0.966. The molecule has 1 atom stereocenters. The summed E-state index contributed by atoms with van der Waals surface area (Å²) >= 11 is 0. The van der Waals surface area contributed by atoms with Gasteiger partial charge in [0, 0.05) is 38.6 Å². The zero-order chi connectivity index (χ0) is 17.0. The monoisotopic (exact) mass is 318 g/mol. The van der Waals surface area contributed by atoms with Crippen molar-refractivity contribution in [3.05, 3.63) is 34.9 Å². The minimum absolute atomic E-state index is 0.0498. The van der Waals surface area contributed by atoms with Crippen LogP contribution in [0.3, 0.4) is 0 Å². The Hall–Kier alpha value is -1.88. The van der Waals surface area contributed by atoms with Crippen molar-refractivity contribution in [3.8, 4) is 0 Å². The van der Waals surface area contributed by atoms with Crippen molar-refractivity contribution in [2.45, 2.75) is 39.7 Å². The third-order valence-electron chi connectivity index (χ3n) is 4.64. The number of carboxylic acids is 1. The van der Waals surface area contributed by atoms with Crippen LogP contribution >= 0.6 is 0 Å². The van der Waals surface area contributed by atoms with E-state index in [0.29, 0.717) is 19.1 Å². The average molecular weight is 318 g/mol. The Morgan fingerprint density at radius 1 is 1.13 bits per heavy atom.